The van der Waals surface area contributed by atoms with Crippen LogP contribution in [-0.4, -0.2) is 23.4 Å². The molecule has 1 rings (SSSR count). The van der Waals surface area contributed by atoms with E-state index in [1.54, 1.807) is 6.07 Å². The van der Waals surface area contributed by atoms with Gasteiger partial charge in [-0.1, -0.05) is 17.7 Å². The van der Waals surface area contributed by atoms with Gasteiger partial charge in [0.25, 0.3) is 0 Å². The van der Waals surface area contributed by atoms with Crippen LogP contribution in [0, 0.1) is 11.7 Å². The largest absolute Gasteiger partial charge is 0.396 e. The van der Waals surface area contributed by atoms with E-state index in [1.807, 2.05) is 0 Å². The minimum Gasteiger partial charge on any atom is -0.396 e. The molecule has 0 aliphatic heterocycles. The van der Waals surface area contributed by atoms with E-state index in [9.17, 15) is 4.39 Å². The summed E-state index contributed by atoms with van der Waals surface area (Å²) in [5.41, 5.74) is 0.737. The Kier molecular flexibility index (Phi) is 4.32. The second kappa shape index (κ2) is 5.29. The zero-order chi connectivity index (χ0) is 10.6. The van der Waals surface area contributed by atoms with E-state index in [-0.39, 0.29) is 24.9 Å². The number of hydrogen-bond donors (Lipinski definition) is 2. The van der Waals surface area contributed by atoms with Crippen molar-refractivity contribution in [2.45, 2.75) is 6.42 Å². The van der Waals surface area contributed by atoms with E-state index < -0.39 is 0 Å². The highest BCUT2D eigenvalue weighted by Crippen LogP contribution is 2.20. The van der Waals surface area contributed by atoms with Gasteiger partial charge >= 0.3 is 0 Å². The molecule has 2 N–H and O–H groups in total. The van der Waals surface area contributed by atoms with Gasteiger partial charge in [-0.3, -0.25) is 0 Å². The molecule has 0 saturated heterocycles. The first-order valence-corrected chi connectivity index (χ1v) is 4.70. The van der Waals surface area contributed by atoms with Gasteiger partial charge in [0, 0.05) is 24.2 Å². The van der Waals surface area contributed by atoms with Crippen molar-refractivity contribution < 1.29 is 14.6 Å². The number of halogens is 2. The molecule has 0 radical (unpaired) electrons. The quantitative estimate of drug-likeness (QED) is 0.807. The van der Waals surface area contributed by atoms with Gasteiger partial charge in [-0.05, 0) is 24.1 Å². The molecule has 4 heteroatoms. The summed E-state index contributed by atoms with van der Waals surface area (Å²) in [6.07, 6.45) is 0.451. The van der Waals surface area contributed by atoms with Crippen molar-refractivity contribution >= 4 is 11.6 Å². The van der Waals surface area contributed by atoms with Gasteiger partial charge in [-0.2, -0.15) is 0 Å². The maximum absolute atomic E-state index is 12.7. The maximum atomic E-state index is 12.7. The second-order valence-corrected chi connectivity index (χ2v) is 3.58. The van der Waals surface area contributed by atoms with Gasteiger partial charge < -0.3 is 10.2 Å². The smallest absolute Gasteiger partial charge is 0.124 e. The Morgan fingerprint density at radius 1 is 1.29 bits per heavy atom. The summed E-state index contributed by atoms with van der Waals surface area (Å²) in [6, 6.07) is 4.10. The molecule has 0 saturated carbocycles. The van der Waals surface area contributed by atoms with Gasteiger partial charge in [0.2, 0.25) is 0 Å². The minimum absolute atomic E-state index is 0.107. The van der Waals surface area contributed by atoms with Crippen LogP contribution < -0.4 is 0 Å². The van der Waals surface area contributed by atoms with Crippen LogP contribution in [0.5, 0.6) is 0 Å². The molecule has 0 fully saturated rings. The first-order chi connectivity index (χ1) is 6.67. The van der Waals surface area contributed by atoms with Crippen LogP contribution in [0.3, 0.4) is 0 Å². The summed E-state index contributed by atoms with van der Waals surface area (Å²) < 4.78 is 12.7. The molecular formula is C10H12ClFO2. The first kappa shape index (κ1) is 11.4. The molecule has 0 heterocycles. The second-order valence-electron chi connectivity index (χ2n) is 3.17. The van der Waals surface area contributed by atoms with Crippen molar-refractivity contribution in [1.82, 2.24) is 0 Å². The van der Waals surface area contributed by atoms with Gasteiger partial charge in [0.05, 0.1) is 0 Å². The fourth-order valence-electron chi connectivity index (χ4n) is 1.19. The van der Waals surface area contributed by atoms with Crippen LogP contribution in [0.1, 0.15) is 5.56 Å². The molecule has 0 aliphatic rings. The van der Waals surface area contributed by atoms with Crippen LogP contribution >= 0.6 is 11.6 Å². The molecule has 1 aromatic carbocycles. The summed E-state index contributed by atoms with van der Waals surface area (Å²) >= 11 is 5.78. The van der Waals surface area contributed by atoms with E-state index in [1.165, 1.54) is 12.1 Å². The molecule has 0 spiro atoms. The third kappa shape index (κ3) is 2.94. The molecule has 0 aromatic heterocycles. The third-order valence-corrected chi connectivity index (χ3v) is 2.39. The number of hydrogen-bond acceptors (Lipinski definition) is 2. The topological polar surface area (TPSA) is 40.5 Å². The zero-order valence-electron chi connectivity index (χ0n) is 7.58. The monoisotopic (exact) mass is 218 g/mol. The van der Waals surface area contributed by atoms with Crippen molar-refractivity contribution in [1.29, 1.82) is 0 Å². The maximum Gasteiger partial charge on any atom is 0.124 e. The lowest BCUT2D eigenvalue weighted by Crippen LogP contribution is -2.14. The summed E-state index contributed by atoms with van der Waals surface area (Å²) in [5.74, 6) is -0.624. The Hall–Kier alpha value is -0.640. The normalized spacial score (nSPS) is 10.9. The lowest BCUT2D eigenvalue weighted by Gasteiger charge is -2.11. The van der Waals surface area contributed by atoms with Crippen LogP contribution in [-0.2, 0) is 6.42 Å². The van der Waals surface area contributed by atoms with E-state index >= 15 is 0 Å². The van der Waals surface area contributed by atoms with Crippen molar-refractivity contribution in [3.63, 3.8) is 0 Å². The first-order valence-electron chi connectivity index (χ1n) is 4.33. The summed E-state index contributed by atoms with van der Waals surface area (Å²) in [6.45, 7) is -0.214. The molecule has 0 aliphatic carbocycles. The Balaban J connectivity index is 2.76. The highest BCUT2D eigenvalue weighted by Gasteiger charge is 2.10. The number of aliphatic hydroxyl groups excluding tert-OH is 2. The van der Waals surface area contributed by atoms with Crippen molar-refractivity contribution in [3.8, 4) is 0 Å². The van der Waals surface area contributed by atoms with Gasteiger partial charge in [-0.25, -0.2) is 4.39 Å². The van der Waals surface area contributed by atoms with Gasteiger partial charge in [-0.15, -0.1) is 0 Å². The van der Waals surface area contributed by atoms with Gasteiger partial charge in [0.15, 0.2) is 0 Å². The average molecular weight is 219 g/mol. The molecule has 78 valence electrons. The predicted octanol–water partition coefficient (Wildman–Crippen LogP) is 1.62. The van der Waals surface area contributed by atoms with Gasteiger partial charge in [0.1, 0.15) is 5.82 Å². The third-order valence-electron chi connectivity index (χ3n) is 2.04. The van der Waals surface area contributed by atoms with Crippen LogP contribution in [0.25, 0.3) is 0 Å². The lowest BCUT2D eigenvalue weighted by molar-refractivity contribution is 0.150. The molecule has 14 heavy (non-hydrogen) atoms. The van der Waals surface area contributed by atoms with E-state index in [0.29, 0.717) is 11.4 Å². The molecule has 0 bridgehead atoms. The lowest BCUT2D eigenvalue weighted by atomic mass is 10.0. The molecule has 0 atom stereocenters. The molecule has 1 aromatic rings. The summed E-state index contributed by atoms with van der Waals surface area (Å²) in [7, 11) is 0. The SMILES string of the molecule is OCC(CO)Cc1ccc(F)cc1Cl. The Morgan fingerprint density at radius 2 is 1.93 bits per heavy atom. The number of rotatable bonds is 4. The molecule has 2 nitrogen and oxygen atoms in total. The van der Waals surface area contributed by atoms with E-state index in [2.05, 4.69) is 0 Å². The van der Waals surface area contributed by atoms with Crippen LogP contribution in [0.2, 0.25) is 5.02 Å². The standard InChI is InChI=1S/C10H12ClFO2/c11-10-4-9(12)2-1-8(10)3-7(5-13)6-14/h1-2,4,7,13-14H,3,5-6H2. The minimum atomic E-state index is -0.386. The molecule has 0 unspecified atom stereocenters. The Bertz CT molecular complexity index is 300. The molecule has 0 amide bonds. The Labute approximate surface area is 86.9 Å². The average Bonchev–Trinajstić information content (AvgIpc) is 2.17. The zero-order valence-corrected chi connectivity index (χ0v) is 8.34. The van der Waals surface area contributed by atoms with Crippen molar-refractivity contribution in [3.05, 3.63) is 34.6 Å². The fraction of sp³-hybridized carbons (Fsp3) is 0.400. The van der Waals surface area contributed by atoms with Crippen LogP contribution in [0.15, 0.2) is 18.2 Å². The number of benzene rings is 1. The van der Waals surface area contributed by atoms with E-state index in [4.69, 9.17) is 21.8 Å². The predicted molar refractivity (Wildman–Crippen MR) is 52.8 cm³/mol. The fourth-order valence-corrected chi connectivity index (χ4v) is 1.43. The van der Waals surface area contributed by atoms with Crippen molar-refractivity contribution in [2.75, 3.05) is 13.2 Å². The number of aliphatic hydroxyl groups is 2. The Morgan fingerprint density at radius 3 is 2.43 bits per heavy atom. The highest BCUT2D eigenvalue weighted by molar-refractivity contribution is 6.31. The van der Waals surface area contributed by atoms with Crippen molar-refractivity contribution in [2.24, 2.45) is 5.92 Å². The van der Waals surface area contributed by atoms with E-state index in [0.717, 1.165) is 5.56 Å². The highest BCUT2D eigenvalue weighted by atomic mass is 35.5. The summed E-state index contributed by atoms with van der Waals surface area (Å²) in [4.78, 5) is 0. The molecular weight excluding hydrogens is 207 g/mol. The summed E-state index contributed by atoms with van der Waals surface area (Å²) in [5, 5.41) is 18.0. The van der Waals surface area contributed by atoms with Crippen LogP contribution in [0.4, 0.5) is 4.39 Å².